The summed E-state index contributed by atoms with van der Waals surface area (Å²) in [4.78, 5) is 12.5. The molecule has 1 aliphatic heterocycles. The van der Waals surface area contributed by atoms with Gasteiger partial charge in [-0.3, -0.25) is 4.79 Å². The molecule has 24 heavy (non-hydrogen) atoms. The summed E-state index contributed by atoms with van der Waals surface area (Å²) < 4.78 is 0. The number of carbonyl (C=O) groups is 1. The van der Waals surface area contributed by atoms with E-state index < -0.39 is 0 Å². The largest absolute Gasteiger partial charge is 0.355 e. The summed E-state index contributed by atoms with van der Waals surface area (Å²) in [7, 11) is 0. The number of benzene rings is 1. The van der Waals surface area contributed by atoms with E-state index in [0.717, 1.165) is 32.4 Å². The molecule has 1 aromatic rings. The molecule has 0 saturated carbocycles. The van der Waals surface area contributed by atoms with Crippen molar-refractivity contribution in [2.45, 2.75) is 63.8 Å². The van der Waals surface area contributed by atoms with Crippen LogP contribution in [0.2, 0.25) is 0 Å². The molecule has 0 radical (unpaired) electrons. The van der Waals surface area contributed by atoms with Gasteiger partial charge in [-0.2, -0.15) is 0 Å². The van der Waals surface area contributed by atoms with E-state index in [0.29, 0.717) is 12.0 Å². The molecule has 1 amide bonds. The van der Waals surface area contributed by atoms with Gasteiger partial charge in [0.25, 0.3) is 0 Å². The first-order valence-electron chi connectivity index (χ1n) is 9.08. The van der Waals surface area contributed by atoms with Gasteiger partial charge in [-0.25, -0.2) is 0 Å². The maximum Gasteiger partial charge on any atom is 0.223 e. The molecule has 1 unspecified atom stereocenters. The van der Waals surface area contributed by atoms with Crippen molar-refractivity contribution in [3.8, 4) is 0 Å². The third kappa shape index (κ3) is 4.12. The Bertz CT molecular complexity index is 573. The molecule has 0 bridgehead atoms. The highest BCUT2D eigenvalue weighted by atomic mass is 35.5. The number of carbonyl (C=O) groups excluding carboxylic acids is 1. The molecule has 1 saturated heterocycles. The van der Waals surface area contributed by atoms with Gasteiger partial charge in [-0.1, -0.05) is 38.1 Å². The lowest BCUT2D eigenvalue weighted by Crippen LogP contribution is -2.43. The second-order valence-corrected chi connectivity index (χ2v) is 8.03. The highest BCUT2D eigenvalue weighted by molar-refractivity contribution is 5.85. The van der Waals surface area contributed by atoms with Crippen molar-refractivity contribution in [3.63, 3.8) is 0 Å². The fourth-order valence-electron chi connectivity index (χ4n) is 4.24. The van der Waals surface area contributed by atoms with E-state index in [1.165, 1.54) is 17.5 Å². The molecule has 1 fully saturated rings. The maximum atomic E-state index is 12.5. The van der Waals surface area contributed by atoms with Gasteiger partial charge in [-0.05, 0) is 55.7 Å². The van der Waals surface area contributed by atoms with Crippen LogP contribution in [0, 0.1) is 5.92 Å². The van der Waals surface area contributed by atoms with E-state index in [9.17, 15) is 4.79 Å². The van der Waals surface area contributed by atoms with E-state index in [1.807, 2.05) is 0 Å². The Labute approximate surface area is 152 Å². The van der Waals surface area contributed by atoms with Crippen molar-refractivity contribution in [1.29, 1.82) is 0 Å². The van der Waals surface area contributed by atoms with Gasteiger partial charge >= 0.3 is 0 Å². The van der Waals surface area contributed by atoms with Crippen molar-refractivity contribution in [1.82, 2.24) is 10.6 Å². The molecule has 2 N–H and O–H groups in total. The van der Waals surface area contributed by atoms with Crippen molar-refractivity contribution in [3.05, 3.63) is 35.4 Å². The molecule has 2 aliphatic rings. The second kappa shape index (κ2) is 7.88. The number of halogens is 1. The van der Waals surface area contributed by atoms with Crippen LogP contribution in [0.5, 0.6) is 0 Å². The summed E-state index contributed by atoms with van der Waals surface area (Å²) in [6.45, 7) is 8.57. The van der Waals surface area contributed by atoms with E-state index >= 15 is 0 Å². The van der Waals surface area contributed by atoms with Crippen LogP contribution in [0.15, 0.2) is 24.3 Å². The zero-order chi connectivity index (χ0) is 16.4. The zero-order valence-corrected chi connectivity index (χ0v) is 15.9. The summed E-state index contributed by atoms with van der Waals surface area (Å²) in [6, 6.07) is 9.23. The lowest BCUT2D eigenvalue weighted by molar-refractivity contribution is -0.126. The first kappa shape index (κ1) is 19.3. The highest BCUT2D eigenvalue weighted by Crippen LogP contribution is 2.42. The van der Waals surface area contributed by atoms with Crippen LogP contribution >= 0.6 is 12.4 Å². The molecule has 1 heterocycles. The highest BCUT2D eigenvalue weighted by Gasteiger charge is 2.33. The molecule has 134 valence electrons. The van der Waals surface area contributed by atoms with Crippen LogP contribution in [0.25, 0.3) is 0 Å². The molecule has 0 spiro atoms. The Balaban J connectivity index is 0.00000208. The first-order chi connectivity index (χ1) is 11.0. The van der Waals surface area contributed by atoms with E-state index in [4.69, 9.17) is 0 Å². The molecular weight excluding hydrogens is 320 g/mol. The van der Waals surface area contributed by atoms with Gasteiger partial charge in [0.1, 0.15) is 0 Å². The number of hydrogen-bond acceptors (Lipinski definition) is 2. The van der Waals surface area contributed by atoms with Crippen LogP contribution in [-0.4, -0.2) is 25.0 Å². The Morgan fingerprint density at radius 2 is 2.04 bits per heavy atom. The Morgan fingerprint density at radius 1 is 1.29 bits per heavy atom. The van der Waals surface area contributed by atoms with Crippen molar-refractivity contribution in [2.24, 2.45) is 5.92 Å². The standard InChI is InChI=1S/C20H30N2O.ClH/c1-14-12-15(9-11-21-14)19(23)22-13-16-8-10-20(2,3)18-7-5-4-6-17(16)18;/h4-7,14-16,21H,8-13H2,1-3H3,(H,22,23);1H/t14-,15-,16?;/m0./s1. The summed E-state index contributed by atoms with van der Waals surface area (Å²) >= 11 is 0. The second-order valence-electron chi connectivity index (χ2n) is 8.03. The number of fused-ring (bicyclic) bond motifs is 1. The number of nitrogens with one attached hydrogen (secondary N) is 2. The minimum Gasteiger partial charge on any atom is -0.355 e. The number of piperidine rings is 1. The lowest BCUT2D eigenvalue weighted by atomic mass is 9.69. The monoisotopic (exact) mass is 350 g/mol. The van der Waals surface area contributed by atoms with Gasteiger partial charge < -0.3 is 10.6 Å². The van der Waals surface area contributed by atoms with Crippen LogP contribution in [-0.2, 0) is 10.2 Å². The maximum absolute atomic E-state index is 12.5. The minimum absolute atomic E-state index is 0. The van der Waals surface area contributed by atoms with Crippen molar-refractivity contribution >= 4 is 18.3 Å². The van der Waals surface area contributed by atoms with Gasteiger partial charge in [0.05, 0.1) is 0 Å². The molecular formula is C20H31ClN2O. The summed E-state index contributed by atoms with van der Waals surface area (Å²) in [5.41, 5.74) is 3.14. The lowest BCUT2D eigenvalue weighted by Gasteiger charge is -2.37. The number of rotatable bonds is 3. The SMILES string of the molecule is C[C@H]1C[C@@H](C(=O)NCC2CCC(C)(C)c3ccccc32)CCN1.Cl. The summed E-state index contributed by atoms with van der Waals surface area (Å²) in [5.74, 6) is 0.893. The van der Waals surface area contributed by atoms with E-state index in [-0.39, 0.29) is 29.6 Å². The predicted molar refractivity (Wildman–Crippen MR) is 102 cm³/mol. The van der Waals surface area contributed by atoms with Crippen LogP contribution in [0.4, 0.5) is 0 Å². The fourth-order valence-corrected chi connectivity index (χ4v) is 4.24. The summed E-state index contributed by atoms with van der Waals surface area (Å²) in [6.07, 6.45) is 4.27. The first-order valence-corrected chi connectivity index (χ1v) is 9.08. The Morgan fingerprint density at radius 3 is 2.79 bits per heavy atom. The Kier molecular flexibility index (Phi) is 6.33. The third-order valence-corrected chi connectivity index (χ3v) is 5.76. The van der Waals surface area contributed by atoms with Gasteiger partial charge in [0.2, 0.25) is 5.91 Å². The molecule has 0 aromatic heterocycles. The van der Waals surface area contributed by atoms with E-state index in [2.05, 4.69) is 55.7 Å². The number of hydrogen-bond donors (Lipinski definition) is 2. The molecule has 3 nitrogen and oxygen atoms in total. The minimum atomic E-state index is 0. The average molecular weight is 351 g/mol. The summed E-state index contributed by atoms with van der Waals surface area (Å²) in [5, 5.41) is 6.66. The normalized spacial score (nSPS) is 28.4. The van der Waals surface area contributed by atoms with Crippen molar-refractivity contribution < 1.29 is 4.79 Å². The third-order valence-electron chi connectivity index (χ3n) is 5.76. The molecule has 1 aromatic carbocycles. The van der Waals surface area contributed by atoms with Gasteiger partial charge in [-0.15, -0.1) is 12.4 Å². The van der Waals surface area contributed by atoms with Crippen molar-refractivity contribution in [2.75, 3.05) is 13.1 Å². The fraction of sp³-hybridized carbons (Fsp3) is 0.650. The van der Waals surface area contributed by atoms with E-state index in [1.54, 1.807) is 0 Å². The van der Waals surface area contributed by atoms with Gasteiger partial charge in [0.15, 0.2) is 0 Å². The topological polar surface area (TPSA) is 41.1 Å². The molecule has 4 heteroatoms. The van der Waals surface area contributed by atoms with Crippen LogP contribution in [0.3, 0.4) is 0 Å². The van der Waals surface area contributed by atoms with Crippen LogP contribution < -0.4 is 10.6 Å². The van der Waals surface area contributed by atoms with Gasteiger partial charge in [0, 0.05) is 24.4 Å². The predicted octanol–water partition coefficient (Wildman–Crippen LogP) is 3.77. The zero-order valence-electron chi connectivity index (χ0n) is 15.1. The molecule has 1 aliphatic carbocycles. The smallest absolute Gasteiger partial charge is 0.223 e. The Hall–Kier alpha value is -1.06. The quantitative estimate of drug-likeness (QED) is 0.871. The molecule has 3 rings (SSSR count). The van der Waals surface area contributed by atoms with Crippen LogP contribution in [0.1, 0.15) is 63.5 Å². The average Bonchev–Trinajstić information content (AvgIpc) is 2.54. The molecule has 3 atom stereocenters. The number of amides is 1.